The van der Waals surface area contributed by atoms with Crippen molar-refractivity contribution in [2.24, 2.45) is 5.73 Å². The van der Waals surface area contributed by atoms with Crippen LogP contribution in [-0.4, -0.2) is 30.3 Å². The molecule has 4 nitrogen and oxygen atoms in total. The van der Waals surface area contributed by atoms with Gasteiger partial charge in [-0.2, -0.15) is 0 Å². The molecule has 0 aromatic carbocycles. The first-order valence-corrected chi connectivity index (χ1v) is 2.60. The van der Waals surface area contributed by atoms with E-state index in [9.17, 15) is 4.79 Å². The van der Waals surface area contributed by atoms with Crippen molar-refractivity contribution in [1.82, 2.24) is 0 Å². The lowest BCUT2D eigenvalue weighted by Crippen LogP contribution is -2.40. The molecule has 0 aliphatic carbocycles. The Kier molecular flexibility index (Phi) is 3.19. The molecule has 54 valence electrons. The molecule has 0 unspecified atom stereocenters. The molecule has 0 aromatic rings. The Morgan fingerprint density at radius 2 is 2.22 bits per heavy atom. The molecule has 0 aliphatic heterocycles. The molecular formula is C5H11NO3. The van der Waals surface area contributed by atoms with Crippen molar-refractivity contribution in [3.8, 4) is 0 Å². The summed E-state index contributed by atoms with van der Waals surface area (Å²) in [6.07, 6.45) is -0.428. The summed E-state index contributed by atoms with van der Waals surface area (Å²) in [5.41, 5.74) is 5.15. The van der Waals surface area contributed by atoms with Crippen LogP contribution in [0, 0.1) is 0 Å². The molecule has 0 radical (unpaired) electrons. The first kappa shape index (κ1) is 8.39. The van der Waals surface area contributed by atoms with Gasteiger partial charge in [-0.3, -0.25) is 4.79 Å². The summed E-state index contributed by atoms with van der Waals surface area (Å²) in [7, 11) is 1.42. The van der Waals surface area contributed by atoms with E-state index in [4.69, 9.17) is 10.8 Å². The van der Waals surface area contributed by atoms with Crippen LogP contribution < -0.4 is 5.73 Å². The first-order valence-electron chi connectivity index (χ1n) is 2.60. The van der Waals surface area contributed by atoms with Crippen LogP contribution in [0.2, 0.25) is 0 Å². The average Bonchev–Trinajstić information content (AvgIpc) is 1.84. The molecule has 4 heteroatoms. The molecule has 0 saturated carbocycles. The van der Waals surface area contributed by atoms with Gasteiger partial charge in [0.15, 0.2) is 0 Å². The van der Waals surface area contributed by atoms with Crippen molar-refractivity contribution < 1.29 is 14.6 Å². The smallest absolute Gasteiger partial charge is 0.323 e. The summed E-state index contributed by atoms with van der Waals surface area (Å²) in [6.45, 7) is 1.61. The molecule has 3 N–H and O–H groups in total. The summed E-state index contributed by atoms with van der Waals surface area (Å²) >= 11 is 0. The normalized spacial score (nSPS) is 16.8. The van der Waals surface area contributed by atoms with E-state index >= 15 is 0 Å². The van der Waals surface area contributed by atoms with Gasteiger partial charge in [0.1, 0.15) is 6.04 Å². The number of aliphatic carboxylic acids is 1. The van der Waals surface area contributed by atoms with Crippen LogP contribution in [0.25, 0.3) is 0 Å². The van der Waals surface area contributed by atoms with Crippen LogP contribution in [-0.2, 0) is 9.53 Å². The highest BCUT2D eigenvalue weighted by Crippen LogP contribution is 1.92. The van der Waals surface area contributed by atoms with Gasteiger partial charge in [0.05, 0.1) is 6.10 Å². The van der Waals surface area contributed by atoms with Crippen molar-refractivity contribution in [2.45, 2.75) is 19.1 Å². The van der Waals surface area contributed by atoms with Crippen molar-refractivity contribution in [2.75, 3.05) is 7.11 Å². The van der Waals surface area contributed by atoms with Gasteiger partial charge in [0.2, 0.25) is 0 Å². The van der Waals surface area contributed by atoms with E-state index in [1.54, 1.807) is 6.92 Å². The molecular weight excluding hydrogens is 122 g/mol. The monoisotopic (exact) mass is 133 g/mol. The maximum absolute atomic E-state index is 10.1. The number of nitrogens with two attached hydrogens (primary N) is 1. The third-order valence-corrected chi connectivity index (χ3v) is 1.16. The van der Waals surface area contributed by atoms with Gasteiger partial charge in [0, 0.05) is 7.11 Å². The number of carboxylic acids is 1. The van der Waals surface area contributed by atoms with Crippen molar-refractivity contribution in [3.05, 3.63) is 0 Å². The Morgan fingerprint density at radius 3 is 2.33 bits per heavy atom. The highest BCUT2D eigenvalue weighted by molar-refractivity contribution is 5.73. The average molecular weight is 133 g/mol. The lowest BCUT2D eigenvalue weighted by Gasteiger charge is -2.12. The molecule has 0 spiro atoms. The standard InChI is InChI=1S/C5H11NO3/c1-3(9-2)4(6)5(7)8/h3-4H,6H2,1-2H3,(H,7,8)/t3-,4-/m1/s1. The van der Waals surface area contributed by atoms with E-state index in [0.717, 1.165) is 0 Å². The largest absolute Gasteiger partial charge is 0.480 e. The fourth-order valence-corrected chi connectivity index (χ4v) is 0.347. The Bertz CT molecular complexity index is 104. The van der Waals surface area contributed by atoms with Crippen LogP contribution in [0.1, 0.15) is 6.92 Å². The Hall–Kier alpha value is -0.610. The molecule has 0 bridgehead atoms. The zero-order chi connectivity index (χ0) is 7.44. The van der Waals surface area contributed by atoms with Crippen LogP contribution in [0.3, 0.4) is 0 Å². The summed E-state index contributed by atoms with van der Waals surface area (Å²) in [4.78, 5) is 10.1. The third-order valence-electron chi connectivity index (χ3n) is 1.16. The van der Waals surface area contributed by atoms with Gasteiger partial charge < -0.3 is 15.6 Å². The van der Waals surface area contributed by atoms with Gasteiger partial charge >= 0.3 is 5.97 Å². The second-order valence-corrected chi connectivity index (χ2v) is 1.80. The van der Waals surface area contributed by atoms with Gasteiger partial charge in [-0.05, 0) is 6.92 Å². The summed E-state index contributed by atoms with van der Waals surface area (Å²) in [5, 5.41) is 8.28. The molecule has 0 aliphatic rings. The predicted molar refractivity (Wildman–Crippen MR) is 32.1 cm³/mol. The lowest BCUT2D eigenvalue weighted by molar-refractivity contribution is -0.141. The van der Waals surface area contributed by atoms with Crippen LogP contribution >= 0.6 is 0 Å². The molecule has 2 atom stereocenters. The van der Waals surface area contributed by atoms with E-state index < -0.39 is 18.1 Å². The summed E-state index contributed by atoms with van der Waals surface area (Å²) in [6, 6.07) is -0.921. The number of hydrogen-bond donors (Lipinski definition) is 2. The zero-order valence-corrected chi connectivity index (χ0v) is 5.50. The molecule has 0 heterocycles. The van der Waals surface area contributed by atoms with Gasteiger partial charge in [-0.15, -0.1) is 0 Å². The molecule has 9 heavy (non-hydrogen) atoms. The van der Waals surface area contributed by atoms with Gasteiger partial charge in [0.25, 0.3) is 0 Å². The third kappa shape index (κ3) is 2.43. The summed E-state index contributed by atoms with van der Waals surface area (Å²) in [5.74, 6) is -1.04. The lowest BCUT2D eigenvalue weighted by atomic mass is 10.2. The number of ether oxygens (including phenoxy) is 1. The Morgan fingerprint density at radius 1 is 1.78 bits per heavy atom. The fourth-order valence-electron chi connectivity index (χ4n) is 0.347. The zero-order valence-electron chi connectivity index (χ0n) is 5.50. The minimum Gasteiger partial charge on any atom is -0.480 e. The number of rotatable bonds is 3. The van der Waals surface area contributed by atoms with Crippen molar-refractivity contribution in [1.29, 1.82) is 0 Å². The van der Waals surface area contributed by atoms with Crippen molar-refractivity contribution >= 4 is 5.97 Å². The van der Waals surface area contributed by atoms with Gasteiger partial charge in [-0.25, -0.2) is 0 Å². The highest BCUT2D eigenvalue weighted by Gasteiger charge is 2.18. The number of methoxy groups -OCH3 is 1. The second-order valence-electron chi connectivity index (χ2n) is 1.80. The predicted octanol–water partition coefficient (Wildman–Crippen LogP) is -0.567. The van der Waals surface area contributed by atoms with Gasteiger partial charge in [-0.1, -0.05) is 0 Å². The van der Waals surface area contributed by atoms with Crippen LogP contribution in [0.15, 0.2) is 0 Å². The maximum Gasteiger partial charge on any atom is 0.323 e. The molecule has 0 rings (SSSR count). The van der Waals surface area contributed by atoms with E-state index in [1.165, 1.54) is 7.11 Å². The molecule has 0 aromatic heterocycles. The SMILES string of the molecule is CO[C@H](C)[C@@H](N)C(=O)O. The van der Waals surface area contributed by atoms with E-state index in [1.807, 2.05) is 0 Å². The molecule has 0 amide bonds. The van der Waals surface area contributed by atoms with E-state index in [2.05, 4.69) is 4.74 Å². The molecule has 0 saturated heterocycles. The minimum atomic E-state index is -1.04. The topological polar surface area (TPSA) is 72.5 Å². The first-order chi connectivity index (χ1) is 4.09. The summed E-state index contributed by atoms with van der Waals surface area (Å²) < 4.78 is 4.67. The molecule has 0 fully saturated rings. The highest BCUT2D eigenvalue weighted by atomic mass is 16.5. The second kappa shape index (κ2) is 3.42. The van der Waals surface area contributed by atoms with Crippen LogP contribution in [0.5, 0.6) is 0 Å². The fraction of sp³-hybridized carbons (Fsp3) is 0.800. The van der Waals surface area contributed by atoms with E-state index in [-0.39, 0.29) is 0 Å². The minimum absolute atomic E-state index is 0.428. The van der Waals surface area contributed by atoms with Crippen LogP contribution in [0.4, 0.5) is 0 Å². The maximum atomic E-state index is 10.1. The Balaban J connectivity index is 3.72. The quantitative estimate of drug-likeness (QED) is 0.541. The van der Waals surface area contributed by atoms with E-state index in [0.29, 0.717) is 0 Å². The number of hydrogen-bond acceptors (Lipinski definition) is 3. The van der Waals surface area contributed by atoms with Crippen molar-refractivity contribution in [3.63, 3.8) is 0 Å². The Labute approximate surface area is 53.6 Å². The number of carbonyl (C=O) groups is 1. The number of carboxylic acid groups (broad SMARTS) is 1.